The highest BCUT2D eigenvalue weighted by molar-refractivity contribution is 9.10. The Kier molecular flexibility index (Phi) is 5.19. The number of hydrogen-bond acceptors (Lipinski definition) is 1. The normalized spacial score (nSPS) is 24.2. The van der Waals surface area contributed by atoms with Crippen LogP contribution in [0.25, 0.3) is 0 Å². The van der Waals surface area contributed by atoms with Gasteiger partial charge in [0.2, 0.25) is 0 Å². The third-order valence-corrected chi connectivity index (χ3v) is 4.43. The van der Waals surface area contributed by atoms with E-state index in [0.29, 0.717) is 4.47 Å². The Balaban J connectivity index is 1.76. The van der Waals surface area contributed by atoms with Crippen LogP contribution in [-0.4, -0.2) is 6.54 Å². The molecule has 1 saturated carbocycles. The number of hydrogen-bond donors (Lipinski definition) is 1. The fourth-order valence-corrected chi connectivity index (χ4v) is 3.06. The van der Waals surface area contributed by atoms with Crippen molar-refractivity contribution >= 4 is 15.9 Å². The minimum atomic E-state index is -0.180. The van der Waals surface area contributed by atoms with E-state index in [1.807, 2.05) is 6.07 Å². The number of nitrogens with one attached hydrogen (secondary N) is 1. The van der Waals surface area contributed by atoms with Crippen molar-refractivity contribution in [2.45, 2.75) is 39.2 Å². The highest BCUT2D eigenvalue weighted by Gasteiger charge is 2.18. The summed E-state index contributed by atoms with van der Waals surface area (Å²) in [6, 6.07) is 5.33. The summed E-state index contributed by atoms with van der Waals surface area (Å²) in [6.07, 6.45) is 5.42. The zero-order valence-electron chi connectivity index (χ0n) is 10.9. The molecular weight excluding hydrogens is 293 g/mol. The third kappa shape index (κ3) is 4.06. The molecule has 0 saturated heterocycles. The Morgan fingerprint density at radius 2 is 2.22 bits per heavy atom. The Bertz CT molecular complexity index is 394. The summed E-state index contributed by atoms with van der Waals surface area (Å²) < 4.78 is 13.9. The zero-order chi connectivity index (χ0) is 13.0. The van der Waals surface area contributed by atoms with Gasteiger partial charge in [-0.25, -0.2) is 4.39 Å². The van der Waals surface area contributed by atoms with E-state index in [1.165, 1.54) is 25.7 Å². The summed E-state index contributed by atoms with van der Waals surface area (Å²) >= 11 is 3.17. The highest BCUT2D eigenvalue weighted by Crippen LogP contribution is 2.28. The summed E-state index contributed by atoms with van der Waals surface area (Å²) in [5.74, 6) is 1.49. The summed E-state index contributed by atoms with van der Waals surface area (Å²) in [6.45, 7) is 4.16. The molecule has 18 heavy (non-hydrogen) atoms. The predicted octanol–water partition coefficient (Wildman–Crippen LogP) is 4.50. The molecule has 1 aliphatic carbocycles. The summed E-state index contributed by atoms with van der Waals surface area (Å²) in [4.78, 5) is 0. The van der Waals surface area contributed by atoms with Crippen molar-refractivity contribution in [3.8, 4) is 0 Å². The first-order valence-corrected chi connectivity index (χ1v) is 7.59. The molecule has 1 aromatic rings. The summed E-state index contributed by atoms with van der Waals surface area (Å²) in [7, 11) is 0. The van der Waals surface area contributed by atoms with Crippen LogP contribution in [0.3, 0.4) is 0 Å². The summed E-state index contributed by atoms with van der Waals surface area (Å²) in [5.41, 5.74) is 1.01. The lowest BCUT2D eigenvalue weighted by Gasteiger charge is -2.26. The lowest BCUT2D eigenvalue weighted by Crippen LogP contribution is -2.26. The average molecular weight is 314 g/mol. The largest absolute Gasteiger partial charge is 0.312 e. The van der Waals surface area contributed by atoms with Gasteiger partial charge in [-0.3, -0.25) is 0 Å². The maximum atomic E-state index is 13.3. The first-order valence-electron chi connectivity index (χ1n) is 6.80. The molecule has 1 N–H and O–H groups in total. The van der Waals surface area contributed by atoms with E-state index in [1.54, 1.807) is 12.1 Å². The van der Waals surface area contributed by atoms with Crippen LogP contribution in [0.1, 0.15) is 38.2 Å². The lowest BCUT2D eigenvalue weighted by atomic mass is 9.82. The van der Waals surface area contributed by atoms with Crippen molar-refractivity contribution in [1.29, 1.82) is 0 Å². The van der Waals surface area contributed by atoms with Crippen molar-refractivity contribution < 1.29 is 4.39 Å². The van der Waals surface area contributed by atoms with E-state index >= 15 is 0 Å². The first kappa shape index (κ1) is 14.0. The van der Waals surface area contributed by atoms with E-state index in [9.17, 15) is 4.39 Å². The van der Waals surface area contributed by atoms with Gasteiger partial charge in [-0.05, 0) is 64.8 Å². The molecular formula is C15H21BrFN. The molecule has 0 aliphatic heterocycles. The predicted molar refractivity (Wildman–Crippen MR) is 76.9 cm³/mol. The number of rotatable bonds is 4. The molecule has 0 aromatic heterocycles. The third-order valence-electron chi connectivity index (χ3n) is 3.79. The average Bonchev–Trinajstić information content (AvgIpc) is 2.34. The van der Waals surface area contributed by atoms with E-state index in [4.69, 9.17) is 0 Å². The Morgan fingerprint density at radius 3 is 2.94 bits per heavy atom. The van der Waals surface area contributed by atoms with Crippen molar-refractivity contribution in [3.05, 3.63) is 34.1 Å². The molecule has 2 unspecified atom stereocenters. The van der Waals surface area contributed by atoms with Crippen LogP contribution in [0.2, 0.25) is 0 Å². The van der Waals surface area contributed by atoms with Gasteiger partial charge in [-0.2, -0.15) is 0 Å². The molecule has 1 nitrogen and oxygen atoms in total. The molecule has 2 rings (SSSR count). The van der Waals surface area contributed by atoms with Gasteiger partial charge in [0.25, 0.3) is 0 Å². The SMILES string of the molecule is CC1CCCC(CNCc2ccc(Br)c(F)c2)C1. The minimum absolute atomic E-state index is 0.180. The van der Waals surface area contributed by atoms with Gasteiger partial charge in [0, 0.05) is 6.54 Å². The van der Waals surface area contributed by atoms with Gasteiger partial charge in [0.1, 0.15) is 5.82 Å². The van der Waals surface area contributed by atoms with E-state index < -0.39 is 0 Å². The van der Waals surface area contributed by atoms with Crippen LogP contribution in [-0.2, 0) is 6.54 Å². The van der Waals surface area contributed by atoms with Gasteiger partial charge < -0.3 is 5.32 Å². The number of halogens is 2. The molecule has 0 radical (unpaired) electrons. The van der Waals surface area contributed by atoms with Gasteiger partial charge >= 0.3 is 0 Å². The van der Waals surface area contributed by atoms with Gasteiger partial charge in [-0.1, -0.05) is 25.8 Å². The Labute approximate surface area is 117 Å². The molecule has 100 valence electrons. The summed E-state index contributed by atoms with van der Waals surface area (Å²) in [5, 5.41) is 3.46. The molecule has 1 aliphatic rings. The fourth-order valence-electron chi connectivity index (χ4n) is 2.82. The van der Waals surface area contributed by atoms with Crippen molar-refractivity contribution in [2.24, 2.45) is 11.8 Å². The topological polar surface area (TPSA) is 12.0 Å². The molecule has 3 heteroatoms. The monoisotopic (exact) mass is 313 g/mol. The molecule has 2 atom stereocenters. The smallest absolute Gasteiger partial charge is 0.137 e. The van der Waals surface area contributed by atoms with E-state index in [-0.39, 0.29) is 5.82 Å². The minimum Gasteiger partial charge on any atom is -0.312 e. The van der Waals surface area contributed by atoms with Crippen LogP contribution in [0.4, 0.5) is 4.39 Å². The highest BCUT2D eigenvalue weighted by atomic mass is 79.9. The van der Waals surface area contributed by atoms with Crippen LogP contribution in [0.15, 0.2) is 22.7 Å². The Hall–Kier alpha value is -0.410. The van der Waals surface area contributed by atoms with Crippen LogP contribution >= 0.6 is 15.9 Å². The van der Waals surface area contributed by atoms with Crippen molar-refractivity contribution in [1.82, 2.24) is 5.32 Å². The van der Waals surface area contributed by atoms with Crippen LogP contribution < -0.4 is 5.32 Å². The van der Waals surface area contributed by atoms with Gasteiger partial charge in [0.15, 0.2) is 0 Å². The second kappa shape index (κ2) is 6.67. The van der Waals surface area contributed by atoms with E-state index in [2.05, 4.69) is 28.2 Å². The van der Waals surface area contributed by atoms with Crippen molar-refractivity contribution in [3.63, 3.8) is 0 Å². The van der Waals surface area contributed by atoms with Crippen LogP contribution in [0, 0.1) is 17.7 Å². The molecule has 0 heterocycles. The second-order valence-corrected chi connectivity index (χ2v) is 6.37. The fraction of sp³-hybridized carbons (Fsp3) is 0.600. The van der Waals surface area contributed by atoms with Crippen LogP contribution in [0.5, 0.6) is 0 Å². The quantitative estimate of drug-likeness (QED) is 0.862. The molecule has 0 spiro atoms. The second-order valence-electron chi connectivity index (χ2n) is 5.52. The Morgan fingerprint density at radius 1 is 1.39 bits per heavy atom. The van der Waals surface area contributed by atoms with E-state index in [0.717, 1.165) is 30.5 Å². The first-order chi connectivity index (χ1) is 8.65. The molecule has 1 fully saturated rings. The zero-order valence-corrected chi connectivity index (χ0v) is 12.5. The molecule has 1 aromatic carbocycles. The molecule has 0 amide bonds. The molecule has 0 bridgehead atoms. The van der Waals surface area contributed by atoms with Gasteiger partial charge in [0.05, 0.1) is 4.47 Å². The lowest BCUT2D eigenvalue weighted by molar-refractivity contribution is 0.274. The number of benzene rings is 1. The standard InChI is InChI=1S/C15H21BrFN/c1-11-3-2-4-12(7-11)9-18-10-13-5-6-14(16)15(17)8-13/h5-6,8,11-12,18H,2-4,7,9-10H2,1H3. The van der Waals surface area contributed by atoms with Crippen molar-refractivity contribution in [2.75, 3.05) is 6.54 Å². The van der Waals surface area contributed by atoms with Gasteiger partial charge in [-0.15, -0.1) is 0 Å². The maximum absolute atomic E-state index is 13.3. The maximum Gasteiger partial charge on any atom is 0.137 e.